The molecule has 0 bridgehead atoms. The molecule has 0 aliphatic rings. The van der Waals surface area contributed by atoms with Crippen molar-refractivity contribution in [2.24, 2.45) is 0 Å². The number of amides is 2. The number of nitrogens with zero attached hydrogens (tertiary/aromatic N) is 4. The number of H-pyrrole nitrogens is 1. The van der Waals surface area contributed by atoms with Crippen molar-refractivity contribution in [3.05, 3.63) is 35.4 Å². The number of aromatic amines is 1. The average molecular weight is 332 g/mol. The zero-order valence-electron chi connectivity index (χ0n) is 14.0. The molecule has 2 aromatic rings. The minimum atomic E-state index is -0.539. The molecule has 0 saturated heterocycles. The Morgan fingerprint density at radius 3 is 2.46 bits per heavy atom. The number of carbonyl (C=O) groups is 2. The SMILES string of the molecule is CN(Cc1ccc(C(=O)Nc2nn[nH]n2)cc1)C(=O)OC(C)(C)C. The van der Waals surface area contributed by atoms with Gasteiger partial charge >= 0.3 is 6.09 Å². The van der Waals surface area contributed by atoms with Crippen molar-refractivity contribution < 1.29 is 14.3 Å². The maximum absolute atomic E-state index is 12.0. The smallest absolute Gasteiger partial charge is 0.410 e. The Balaban J connectivity index is 1.94. The van der Waals surface area contributed by atoms with E-state index in [4.69, 9.17) is 4.74 Å². The summed E-state index contributed by atoms with van der Waals surface area (Å²) < 4.78 is 5.29. The lowest BCUT2D eigenvalue weighted by Gasteiger charge is -2.24. The van der Waals surface area contributed by atoms with Gasteiger partial charge in [-0.05, 0) is 43.7 Å². The molecule has 1 aromatic carbocycles. The average Bonchev–Trinajstić information content (AvgIpc) is 2.99. The lowest BCUT2D eigenvalue weighted by atomic mass is 10.1. The Labute approximate surface area is 139 Å². The normalized spacial score (nSPS) is 11.0. The largest absolute Gasteiger partial charge is 0.444 e. The van der Waals surface area contributed by atoms with E-state index < -0.39 is 11.7 Å². The van der Waals surface area contributed by atoms with Crippen LogP contribution in [0.5, 0.6) is 0 Å². The van der Waals surface area contributed by atoms with Crippen LogP contribution >= 0.6 is 0 Å². The van der Waals surface area contributed by atoms with Gasteiger partial charge in [0.15, 0.2) is 0 Å². The Morgan fingerprint density at radius 1 is 1.25 bits per heavy atom. The number of hydrogen-bond donors (Lipinski definition) is 2. The molecular formula is C15H20N6O3. The maximum atomic E-state index is 12.0. The van der Waals surface area contributed by atoms with Gasteiger partial charge in [0.05, 0.1) is 0 Å². The molecule has 0 spiro atoms. The Bertz CT molecular complexity index is 691. The van der Waals surface area contributed by atoms with Crippen molar-refractivity contribution in [2.75, 3.05) is 12.4 Å². The van der Waals surface area contributed by atoms with Crippen molar-refractivity contribution in [3.8, 4) is 0 Å². The van der Waals surface area contributed by atoms with Crippen LogP contribution in [0.4, 0.5) is 10.7 Å². The number of anilines is 1. The third-order valence-corrected chi connectivity index (χ3v) is 2.91. The van der Waals surface area contributed by atoms with Crippen LogP contribution in [0.1, 0.15) is 36.7 Å². The quantitative estimate of drug-likeness (QED) is 0.883. The van der Waals surface area contributed by atoms with Gasteiger partial charge in [-0.15, -0.1) is 5.10 Å². The van der Waals surface area contributed by atoms with Gasteiger partial charge in [-0.3, -0.25) is 10.1 Å². The van der Waals surface area contributed by atoms with E-state index in [9.17, 15) is 9.59 Å². The molecule has 128 valence electrons. The molecule has 0 aliphatic carbocycles. The molecule has 2 N–H and O–H groups in total. The molecule has 9 nitrogen and oxygen atoms in total. The number of rotatable bonds is 4. The molecule has 24 heavy (non-hydrogen) atoms. The first-order chi connectivity index (χ1) is 11.2. The monoisotopic (exact) mass is 332 g/mol. The van der Waals surface area contributed by atoms with E-state index in [1.807, 2.05) is 20.8 Å². The molecule has 0 fully saturated rings. The van der Waals surface area contributed by atoms with Crippen LogP contribution in [0.25, 0.3) is 0 Å². The molecule has 1 heterocycles. The highest BCUT2D eigenvalue weighted by Crippen LogP contribution is 2.12. The van der Waals surface area contributed by atoms with Crippen LogP contribution in [0.3, 0.4) is 0 Å². The summed E-state index contributed by atoms with van der Waals surface area (Å²) in [6, 6.07) is 6.86. The van der Waals surface area contributed by atoms with Gasteiger partial charge in [-0.2, -0.15) is 5.21 Å². The minimum Gasteiger partial charge on any atom is -0.444 e. The molecule has 2 amide bonds. The number of hydrogen-bond acceptors (Lipinski definition) is 6. The summed E-state index contributed by atoms with van der Waals surface area (Å²) in [5.74, 6) is -0.239. The van der Waals surface area contributed by atoms with Crippen molar-refractivity contribution >= 4 is 17.9 Å². The van der Waals surface area contributed by atoms with Gasteiger partial charge in [-0.1, -0.05) is 17.2 Å². The predicted octanol–water partition coefficient (Wildman–Crippen LogP) is 1.82. The van der Waals surface area contributed by atoms with E-state index in [1.54, 1.807) is 31.3 Å². The summed E-state index contributed by atoms with van der Waals surface area (Å²) in [5.41, 5.74) is 0.783. The fourth-order valence-electron chi connectivity index (χ4n) is 1.83. The second-order valence-corrected chi connectivity index (χ2v) is 6.22. The topological polar surface area (TPSA) is 113 Å². The lowest BCUT2D eigenvalue weighted by Crippen LogP contribution is -2.33. The van der Waals surface area contributed by atoms with Crippen LogP contribution in [0.2, 0.25) is 0 Å². The molecule has 9 heteroatoms. The lowest BCUT2D eigenvalue weighted by molar-refractivity contribution is 0.0285. The van der Waals surface area contributed by atoms with Crippen molar-refractivity contribution in [1.82, 2.24) is 25.5 Å². The van der Waals surface area contributed by atoms with Crippen LogP contribution in [0.15, 0.2) is 24.3 Å². The molecule has 1 aromatic heterocycles. The first-order valence-electron chi connectivity index (χ1n) is 7.32. The highest BCUT2D eigenvalue weighted by molar-refractivity contribution is 6.03. The Morgan fingerprint density at radius 2 is 1.92 bits per heavy atom. The third-order valence-electron chi connectivity index (χ3n) is 2.91. The summed E-state index contributed by atoms with van der Waals surface area (Å²) >= 11 is 0. The highest BCUT2D eigenvalue weighted by atomic mass is 16.6. The number of nitrogens with one attached hydrogen (secondary N) is 2. The molecule has 2 rings (SSSR count). The summed E-state index contributed by atoms with van der Waals surface area (Å²) in [6.07, 6.45) is -0.401. The van der Waals surface area contributed by atoms with Gasteiger partial charge in [0, 0.05) is 19.2 Å². The van der Waals surface area contributed by atoms with E-state index in [-0.39, 0.29) is 11.9 Å². The number of benzene rings is 1. The second kappa shape index (κ2) is 7.07. The second-order valence-electron chi connectivity index (χ2n) is 6.22. The number of aromatic nitrogens is 4. The molecule has 0 saturated carbocycles. The van der Waals surface area contributed by atoms with Crippen LogP contribution < -0.4 is 5.32 Å². The number of tetrazole rings is 1. The summed E-state index contributed by atoms with van der Waals surface area (Å²) in [7, 11) is 1.66. The van der Waals surface area contributed by atoms with E-state index >= 15 is 0 Å². The molecule has 0 unspecified atom stereocenters. The van der Waals surface area contributed by atoms with E-state index in [2.05, 4.69) is 25.9 Å². The van der Waals surface area contributed by atoms with Gasteiger partial charge < -0.3 is 9.64 Å². The standard InChI is InChI=1S/C15H20N6O3/c1-15(2,3)24-14(23)21(4)9-10-5-7-11(8-6-10)12(22)16-13-17-19-20-18-13/h5-8H,9H2,1-4H3,(H2,16,17,18,19,20,22). The van der Waals surface area contributed by atoms with Crippen LogP contribution in [-0.2, 0) is 11.3 Å². The first kappa shape index (κ1) is 17.4. The molecule has 0 radical (unpaired) electrons. The van der Waals surface area contributed by atoms with Crippen LogP contribution in [0, 0.1) is 0 Å². The van der Waals surface area contributed by atoms with Crippen molar-refractivity contribution in [1.29, 1.82) is 0 Å². The summed E-state index contributed by atoms with van der Waals surface area (Å²) in [6.45, 7) is 5.82. The van der Waals surface area contributed by atoms with Crippen molar-refractivity contribution in [2.45, 2.75) is 32.9 Å². The van der Waals surface area contributed by atoms with Crippen molar-refractivity contribution in [3.63, 3.8) is 0 Å². The minimum absolute atomic E-state index is 0.105. The van der Waals surface area contributed by atoms with Gasteiger partial charge in [0.2, 0.25) is 0 Å². The van der Waals surface area contributed by atoms with Crippen LogP contribution in [-0.4, -0.2) is 50.2 Å². The van der Waals surface area contributed by atoms with Gasteiger partial charge in [0.25, 0.3) is 11.9 Å². The van der Waals surface area contributed by atoms with Gasteiger partial charge in [-0.25, -0.2) is 4.79 Å². The van der Waals surface area contributed by atoms with Gasteiger partial charge in [0.1, 0.15) is 5.60 Å². The summed E-state index contributed by atoms with van der Waals surface area (Å²) in [5, 5.41) is 15.4. The third kappa shape index (κ3) is 5.04. The van der Waals surface area contributed by atoms with E-state index in [0.717, 1.165) is 5.56 Å². The Kier molecular flexibility index (Phi) is 5.12. The predicted molar refractivity (Wildman–Crippen MR) is 86.3 cm³/mol. The summed E-state index contributed by atoms with van der Waals surface area (Å²) in [4.78, 5) is 25.4. The molecule has 0 aliphatic heterocycles. The fourth-order valence-corrected chi connectivity index (χ4v) is 1.83. The molecule has 0 atom stereocenters. The van der Waals surface area contributed by atoms with E-state index in [1.165, 1.54) is 4.90 Å². The highest BCUT2D eigenvalue weighted by Gasteiger charge is 2.19. The maximum Gasteiger partial charge on any atom is 0.410 e. The van der Waals surface area contributed by atoms with E-state index in [0.29, 0.717) is 12.1 Å². The number of ether oxygens (including phenoxy) is 1. The first-order valence-corrected chi connectivity index (χ1v) is 7.32. The Hall–Kier alpha value is -2.97. The molecular weight excluding hydrogens is 312 g/mol. The zero-order valence-corrected chi connectivity index (χ0v) is 14.0. The zero-order chi connectivity index (χ0) is 17.7. The number of carbonyl (C=O) groups excluding carboxylic acids is 2. The fraction of sp³-hybridized carbons (Fsp3) is 0.400.